The van der Waals surface area contributed by atoms with Gasteiger partial charge >= 0.3 is 0 Å². The Hall–Kier alpha value is -0.390. The van der Waals surface area contributed by atoms with Gasteiger partial charge in [-0.3, -0.25) is 4.68 Å². The minimum Gasteiger partial charge on any atom is -0.379 e. The summed E-state index contributed by atoms with van der Waals surface area (Å²) in [6.07, 6.45) is 1.78. The lowest BCUT2D eigenvalue weighted by molar-refractivity contribution is 0.0413. The highest BCUT2D eigenvalue weighted by Gasteiger charge is 2.27. The number of ether oxygens (including phenoxy) is 1. The molecule has 0 saturated heterocycles. The molecule has 2 atom stereocenters. The number of hydrogen-bond acceptors (Lipinski definition) is 3. The van der Waals surface area contributed by atoms with E-state index in [0.29, 0.717) is 5.92 Å². The van der Waals surface area contributed by atoms with E-state index in [1.165, 1.54) is 0 Å². The second-order valence-corrected chi connectivity index (χ2v) is 5.02. The van der Waals surface area contributed by atoms with Gasteiger partial charge in [0.2, 0.25) is 0 Å². The number of aromatic nitrogens is 2. The first kappa shape index (κ1) is 13.7. The molecule has 0 amide bonds. The van der Waals surface area contributed by atoms with E-state index in [0.717, 1.165) is 16.7 Å². The number of hydrogen-bond donors (Lipinski definition) is 1. The van der Waals surface area contributed by atoms with Gasteiger partial charge in [0.1, 0.15) is 0 Å². The van der Waals surface area contributed by atoms with E-state index in [1.807, 2.05) is 11.6 Å². The predicted molar refractivity (Wildman–Crippen MR) is 68.2 cm³/mol. The second kappa shape index (κ2) is 5.80. The van der Waals surface area contributed by atoms with Gasteiger partial charge in [0.05, 0.1) is 28.5 Å². The SMILES string of the molecule is CCn1ncc(Br)c1C(N)C(OC)C(C)C. The fourth-order valence-corrected chi connectivity index (χ4v) is 2.50. The molecular weight excluding hydrogens is 270 g/mol. The van der Waals surface area contributed by atoms with Crippen molar-refractivity contribution in [2.45, 2.75) is 39.5 Å². The Morgan fingerprint density at radius 1 is 1.56 bits per heavy atom. The molecule has 92 valence electrons. The average molecular weight is 290 g/mol. The van der Waals surface area contributed by atoms with Crippen LogP contribution in [-0.4, -0.2) is 23.0 Å². The van der Waals surface area contributed by atoms with Crippen LogP contribution in [0, 0.1) is 5.92 Å². The normalized spacial score (nSPS) is 15.4. The second-order valence-electron chi connectivity index (χ2n) is 4.16. The van der Waals surface area contributed by atoms with Gasteiger partial charge in [0.25, 0.3) is 0 Å². The van der Waals surface area contributed by atoms with Crippen molar-refractivity contribution < 1.29 is 4.74 Å². The van der Waals surface area contributed by atoms with E-state index in [2.05, 4.69) is 34.9 Å². The molecule has 0 fully saturated rings. The van der Waals surface area contributed by atoms with Crippen LogP contribution >= 0.6 is 15.9 Å². The third kappa shape index (κ3) is 2.64. The number of aryl methyl sites for hydroxylation is 1. The van der Waals surface area contributed by atoms with E-state index >= 15 is 0 Å². The Morgan fingerprint density at radius 3 is 2.62 bits per heavy atom. The summed E-state index contributed by atoms with van der Waals surface area (Å²) in [4.78, 5) is 0. The Kier molecular flexibility index (Phi) is 4.95. The summed E-state index contributed by atoms with van der Waals surface area (Å²) in [6, 6.07) is -0.165. The van der Waals surface area contributed by atoms with Gasteiger partial charge in [-0.25, -0.2) is 0 Å². The molecule has 4 nitrogen and oxygen atoms in total. The highest BCUT2D eigenvalue weighted by molar-refractivity contribution is 9.10. The topological polar surface area (TPSA) is 53.1 Å². The number of methoxy groups -OCH3 is 1. The molecule has 0 radical (unpaired) electrons. The third-order valence-electron chi connectivity index (χ3n) is 2.73. The molecule has 1 rings (SSSR count). The number of nitrogens with zero attached hydrogens (tertiary/aromatic N) is 2. The zero-order valence-electron chi connectivity index (χ0n) is 10.3. The summed E-state index contributed by atoms with van der Waals surface area (Å²) in [6.45, 7) is 7.07. The van der Waals surface area contributed by atoms with Crippen LogP contribution in [0.4, 0.5) is 0 Å². The van der Waals surface area contributed by atoms with Crippen LogP contribution in [0.5, 0.6) is 0 Å². The van der Waals surface area contributed by atoms with Crippen LogP contribution in [0.1, 0.15) is 32.5 Å². The van der Waals surface area contributed by atoms with Gasteiger partial charge in [-0.2, -0.15) is 5.10 Å². The zero-order chi connectivity index (χ0) is 12.3. The van der Waals surface area contributed by atoms with Crippen molar-refractivity contribution in [2.24, 2.45) is 11.7 Å². The predicted octanol–water partition coefficient (Wildman–Crippen LogP) is 2.34. The molecule has 0 aliphatic heterocycles. The molecule has 0 bridgehead atoms. The zero-order valence-corrected chi connectivity index (χ0v) is 11.9. The Morgan fingerprint density at radius 2 is 2.19 bits per heavy atom. The van der Waals surface area contributed by atoms with Gasteiger partial charge in [0, 0.05) is 13.7 Å². The first-order chi connectivity index (χ1) is 7.52. The fourth-order valence-electron chi connectivity index (χ4n) is 1.94. The maximum absolute atomic E-state index is 6.26. The summed E-state index contributed by atoms with van der Waals surface area (Å²) in [5.41, 5.74) is 7.26. The maximum Gasteiger partial charge on any atom is 0.0802 e. The summed E-state index contributed by atoms with van der Waals surface area (Å²) >= 11 is 3.49. The van der Waals surface area contributed by atoms with Crippen molar-refractivity contribution in [1.29, 1.82) is 0 Å². The van der Waals surface area contributed by atoms with E-state index in [9.17, 15) is 0 Å². The highest BCUT2D eigenvalue weighted by atomic mass is 79.9. The van der Waals surface area contributed by atoms with Crippen molar-refractivity contribution in [1.82, 2.24) is 9.78 Å². The van der Waals surface area contributed by atoms with Crippen LogP contribution < -0.4 is 5.73 Å². The molecule has 0 spiro atoms. The fraction of sp³-hybridized carbons (Fsp3) is 0.727. The smallest absolute Gasteiger partial charge is 0.0802 e. The first-order valence-electron chi connectivity index (χ1n) is 5.52. The van der Waals surface area contributed by atoms with E-state index in [-0.39, 0.29) is 12.1 Å². The number of nitrogens with two attached hydrogens (primary N) is 1. The van der Waals surface area contributed by atoms with Crippen LogP contribution in [0.25, 0.3) is 0 Å². The molecule has 1 aromatic heterocycles. The van der Waals surface area contributed by atoms with Crippen molar-refractivity contribution in [3.8, 4) is 0 Å². The molecular formula is C11H20BrN3O. The molecule has 0 aliphatic rings. The number of halogens is 1. The maximum atomic E-state index is 6.26. The molecule has 1 heterocycles. The standard InChI is InChI=1S/C11H20BrN3O/c1-5-15-10(8(12)6-14-15)9(13)11(16-4)7(2)3/h6-7,9,11H,5,13H2,1-4H3. The Labute approximate surface area is 105 Å². The third-order valence-corrected chi connectivity index (χ3v) is 3.34. The van der Waals surface area contributed by atoms with Crippen molar-refractivity contribution >= 4 is 15.9 Å². The van der Waals surface area contributed by atoms with Crippen LogP contribution in [-0.2, 0) is 11.3 Å². The van der Waals surface area contributed by atoms with E-state index < -0.39 is 0 Å². The minimum atomic E-state index is -0.165. The van der Waals surface area contributed by atoms with Crippen LogP contribution in [0.2, 0.25) is 0 Å². The minimum absolute atomic E-state index is 0.00157. The lowest BCUT2D eigenvalue weighted by atomic mass is 9.97. The Bertz CT molecular complexity index is 338. The van der Waals surface area contributed by atoms with Gasteiger partial charge < -0.3 is 10.5 Å². The quantitative estimate of drug-likeness (QED) is 0.905. The largest absolute Gasteiger partial charge is 0.379 e. The molecule has 2 unspecified atom stereocenters. The summed E-state index contributed by atoms with van der Waals surface area (Å²) in [7, 11) is 1.70. The lowest BCUT2D eigenvalue weighted by Gasteiger charge is -2.26. The molecule has 5 heteroatoms. The van der Waals surface area contributed by atoms with Gasteiger partial charge in [0.15, 0.2) is 0 Å². The number of rotatable bonds is 5. The molecule has 0 aromatic carbocycles. The van der Waals surface area contributed by atoms with Gasteiger partial charge in [-0.05, 0) is 28.8 Å². The molecule has 0 aliphatic carbocycles. The van der Waals surface area contributed by atoms with E-state index in [4.69, 9.17) is 10.5 Å². The lowest BCUT2D eigenvalue weighted by Crippen LogP contribution is -2.34. The van der Waals surface area contributed by atoms with Crippen LogP contribution in [0.3, 0.4) is 0 Å². The molecule has 0 saturated carbocycles. The average Bonchev–Trinajstić information content (AvgIpc) is 2.59. The molecule has 16 heavy (non-hydrogen) atoms. The van der Waals surface area contributed by atoms with Gasteiger partial charge in [-0.1, -0.05) is 13.8 Å². The first-order valence-corrected chi connectivity index (χ1v) is 6.31. The monoisotopic (exact) mass is 289 g/mol. The van der Waals surface area contributed by atoms with Crippen molar-refractivity contribution in [3.63, 3.8) is 0 Å². The highest BCUT2D eigenvalue weighted by Crippen LogP contribution is 2.28. The van der Waals surface area contributed by atoms with Crippen molar-refractivity contribution in [3.05, 3.63) is 16.4 Å². The molecule has 2 N–H and O–H groups in total. The molecule has 1 aromatic rings. The summed E-state index contributed by atoms with van der Waals surface area (Å²) in [5.74, 6) is 0.368. The van der Waals surface area contributed by atoms with Crippen LogP contribution in [0.15, 0.2) is 10.7 Å². The van der Waals surface area contributed by atoms with E-state index in [1.54, 1.807) is 13.3 Å². The Balaban J connectivity index is 3.02. The summed E-state index contributed by atoms with van der Waals surface area (Å²) in [5, 5.41) is 4.27. The summed E-state index contributed by atoms with van der Waals surface area (Å²) < 4.78 is 8.32. The van der Waals surface area contributed by atoms with Crippen molar-refractivity contribution in [2.75, 3.05) is 7.11 Å². The van der Waals surface area contributed by atoms with Gasteiger partial charge in [-0.15, -0.1) is 0 Å².